The first kappa shape index (κ1) is 23.7. The van der Waals surface area contributed by atoms with E-state index < -0.39 is 42.3 Å². The van der Waals surface area contributed by atoms with Gasteiger partial charge in [-0.25, -0.2) is 4.79 Å². The Morgan fingerprint density at radius 1 is 0.966 bits per heavy atom. The average molecular weight is 414 g/mol. The summed E-state index contributed by atoms with van der Waals surface area (Å²) in [6.45, 7) is 0. The van der Waals surface area contributed by atoms with Crippen molar-refractivity contribution < 1.29 is 59.2 Å². The van der Waals surface area contributed by atoms with E-state index in [9.17, 15) is 39.9 Å². The number of carbonyl (C=O) groups excluding carboxylic acids is 3. The number of hydrogen-bond donors (Lipinski definition) is 4. The molecule has 0 unspecified atom stereocenters. The molecule has 0 aliphatic carbocycles. The van der Waals surface area contributed by atoms with E-state index in [1.807, 2.05) is 0 Å². The molecule has 160 valence electrons. The third-order valence-corrected chi connectivity index (χ3v) is 3.61. The van der Waals surface area contributed by atoms with Crippen molar-refractivity contribution in [3.63, 3.8) is 0 Å². The maximum Gasteiger partial charge on any atom is 0.331 e. The molecule has 0 aliphatic rings. The summed E-state index contributed by atoms with van der Waals surface area (Å²) in [6.07, 6.45) is -8.35. The maximum atomic E-state index is 11.8. The number of carboxylic acids is 2. The SMILES string of the molecule is COc1cc(/C=C/C(=O)O[C@@H](C(=O)[O-])[C@@H](O)[C@H](O)[C@H](O)C(=O)[O-])cc(OC)c1O. The molecule has 4 atom stereocenters. The average Bonchev–Trinajstić information content (AvgIpc) is 2.68. The van der Waals surface area contributed by atoms with Gasteiger partial charge < -0.3 is 54.4 Å². The number of hydrogen-bond acceptors (Lipinski definition) is 12. The molecule has 0 aromatic heterocycles. The van der Waals surface area contributed by atoms with Gasteiger partial charge in [0, 0.05) is 6.08 Å². The van der Waals surface area contributed by atoms with Gasteiger partial charge in [-0.3, -0.25) is 0 Å². The molecule has 12 nitrogen and oxygen atoms in total. The quantitative estimate of drug-likeness (QED) is 0.213. The van der Waals surface area contributed by atoms with E-state index in [4.69, 9.17) is 14.6 Å². The number of aliphatic hydroxyl groups excluding tert-OH is 3. The van der Waals surface area contributed by atoms with E-state index in [1.54, 1.807) is 0 Å². The summed E-state index contributed by atoms with van der Waals surface area (Å²) in [6, 6.07) is 2.62. The summed E-state index contributed by atoms with van der Waals surface area (Å²) in [7, 11) is 2.54. The predicted molar refractivity (Wildman–Crippen MR) is 88.2 cm³/mol. The summed E-state index contributed by atoms with van der Waals surface area (Å²) in [5.74, 6) is -5.93. The molecule has 0 amide bonds. The van der Waals surface area contributed by atoms with Crippen LogP contribution in [0.4, 0.5) is 0 Å². The summed E-state index contributed by atoms with van der Waals surface area (Å²) in [5, 5.41) is 59.6. The van der Waals surface area contributed by atoms with Crippen molar-refractivity contribution in [2.24, 2.45) is 0 Å². The molecule has 12 heteroatoms. The summed E-state index contributed by atoms with van der Waals surface area (Å²) >= 11 is 0. The van der Waals surface area contributed by atoms with Crippen LogP contribution in [-0.2, 0) is 19.1 Å². The summed E-state index contributed by atoms with van der Waals surface area (Å²) in [5.41, 5.74) is 0.270. The van der Waals surface area contributed by atoms with E-state index in [-0.39, 0.29) is 22.8 Å². The smallest absolute Gasteiger partial charge is 0.331 e. The number of carbonyl (C=O) groups is 3. The number of aromatic hydroxyl groups is 1. The molecular weight excluding hydrogens is 396 g/mol. The van der Waals surface area contributed by atoms with Gasteiger partial charge in [0.05, 0.1) is 26.2 Å². The fourth-order valence-electron chi connectivity index (χ4n) is 2.10. The number of aliphatic hydroxyl groups is 3. The highest BCUT2D eigenvalue weighted by atomic mass is 16.6. The van der Waals surface area contributed by atoms with Crippen LogP contribution in [0.5, 0.6) is 17.2 Å². The molecule has 0 saturated carbocycles. The van der Waals surface area contributed by atoms with Crippen molar-refractivity contribution >= 4 is 24.0 Å². The number of benzene rings is 1. The van der Waals surface area contributed by atoms with Gasteiger partial charge in [-0.1, -0.05) is 0 Å². The third kappa shape index (κ3) is 6.07. The van der Waals surface area contributed by atoms with Crippen LogP contribution in [0.3, 0.4) is 0 Å². The maximum absolute atomic E-state index is 11.8. The molecule has 4 N–H and O–H groups in total. The number of methoxy groups -OCH3 is 2. The molecule has 0 bridgehead atoms. The Labute approximate surface area is 163 Å². The van der Waals surface area contributed by atoms with E-state index in [0.717, 1.165) is 12.2 Å². The fourth-order valence-corrected chi connectivity index (χ4v) is 2.10. The minimum absolute atomic E-state index is 0.0137. The lowest BCUT2D eigenvalue weighted by atomic mass is 10.0. The zero-order valence-corrected chi connectivity index (χ0v) is 15.2. The van der Waals surface area contributed by atoms with E-state index in [2.05, 4.69) is 4.74 Å². The number of phenolic OH excluding ortho intramolecular Hbond substituents is 1. The number of esters is 1. The molecule has 1 aromatic carbocycles. The fraction of sp³-hybridized carbons (Fsp3) is 0.353. The second kappa shape index (κ2) is 10.3. The lowest BCUT2D eigenvalue weighted by molar-refractivity contribution is -0.327. The van der Waals surface area contributed by atoms with Crippen LogP contribution in [0.25, 0.3) is 6.08 Å². The number of carboxylic acid groups (broad SMARTS) is 2. The van der Waals surface area contributed by atoms with Gasteiger partial charge in [0.1, 0.15) is 18.3 Å². The van der Waals surface area contributed by atoms with Gasteiger partial charge in [-0.15, -0.1) is 0 Å². The molecule has 0 fully saturated rings. The summed E-state index contributed by atoms with van der Waals surface area (Å²) in [4.78, 5) is 33.4. The van der Waals surface area contributed by atoms with Gasteiger partial charge in [-0.2, -0.15) is 0 Å². The number of aliphatic carboxylic acids is 2. The Morgan fingerprint density at radius 3 is 1.90 bits per heavy atom. The standard InChI is InChI=1S/C17H20O12/c1-27-8-5-7(6-9(28-2)11(8)19)3-4-10(18)29-15(17(25)26)13(21)12(20)14(22)16(23)24/h3-6,12-15,19-22H,1-2H3,(H,23,24)(H,25,26)/p-2/b4-3+/t12-,13-,14-,15+/m0/s1. The van der Waals surface area contributed by atoms with Crippen molar-refractivity contribution in [2.45, 2.75) is 24.4 Å². The van der Waals surface area contributed by atoms with Gasteiger partial charge in [-0.05, 0) is 23.8 Å². The first-order valence-corrected chi connectivity index (χ1v) is 7.83. The Kier molecular flexibility index (Phi) is 8.38. The summed E-state index contributed by atoms with van der Waals surface area (Å²) < 4.78 is 14.3. The van der Waals surface area contributed by atoms with Crippen LogP contribution in [0, 0.1) is 0 Å². The normalized spacial score (nSPS) is 15.2. The topological polar surface area (TPSA) is 206 Å². The van der Waals surface area contributed by atoms with Gasteiger partial charge in [0.15, 0.2) is 17.6 Å². The molecule has 0 heterocycles. The lowest BCUT2D eigenvalue weighted by Crippen LogP contribution is -2.56. The largest absolute Gasteiger partial charge is 0.547 e. The third-order valence-electron chi connectivity index (χ3n) is 3.61. The Morgan fingerprint density at radius 2 is 1.48 bits per heavy atom. The Hall–Kier alpha value is -3.35. The molecule has 0 spiro atoms. The van der Waals surface area contributed by atoms with E-state index in [0.29, 0.717) is 0 Å². The van der Waals surface area contributed by atoms with Crippen LogP contribution >= 0.6 is 0 Å². The zero-order valence-electron chi connectivity index (χ0n) is 15.2. The highest BCUT2D eigenvalue weighted by molar-refractivity contribution is 5.89. The molecule has 1 rings (SSSR count). The molecule has 1 aromatic rings. The molecule has 0 radical (unpaired) electrons. The number of phenols is 1. The monoisotopic (exact) mass is 414 g/mol. The Bertz CT molecular complexity index is 762. The number of rotatable bonds is 10. The minimum Gasteiger partial charge on any atom is -0.547 e. The molecular formula is C17H18O12-2. The number of ether oxygens (including phenoxy) is 3. The molecule has 29 heavy (non-hydrogen) atoms. The van der Waals surface area contributed by atoms with Gasteiger partial charge >= 0.3 is 5.97 Å². The van der Waals surface area contributed by atoms with E-state index in [1.165, 1.54) is 26.4 Å². The highest BCUT2D eigenvalue weighted by Gasteiger charge is 2.35. The van der Waals surface area contributed by atoms with Crippen LogP contribution in [0.2, 0.25) is 0 Å². The van der Waals surface area contributed by atoms with E-state index >= 15 is 0 Å². The van der Waals surface area contributed by atoms with Crippen molar-refractivity contribution in [3.05, 3.63) is 23.8 Å². The van der Waals surface area contributed by atoms with Crippen LogP contribution in [0.1, 0.15) is 5.56 Å². The van der Waals surface area contributed by atoms with Crippen molar-refractivity contribution in [1.29, 1.82) is 0 Å². The van der Waals surface area contributed by atoms with Crippen LogP contribution in [0.15, 0.2) is 18.2 Å². The highest BCUT2D eigenvalue weighted by Crippen LogP contribution is 2.37. The van der Waals surface area contributed by atoms with Crippen molar-refractivity contribution in [1.82, 2.24) is 0 Å². The van der Waals surface area contributed by atoms with Gasteiger partial charge in [0.25, 0.3) is 0 Å². The molecule has 0 aliphatic heterocycles. The van der Waals surface area contributed by atoms with Gasteiger partial charge in [0.2, 0.25) is 5.75 Å². The van der Waals surface area contributed by atoms with Crippen molar-refractivity contribution in [3.8, 4) is 17.2 Å². The predicted octanol–water partition coefficient (Wildman–Crippen LogP) is -4.08. The second-order valence-electron chi connectivity index (χ2n) is 5.53. The Balaban J connectivity index is 2.98. The first-order chi connectivity index (χ1) is 13.5. The van der Waals surface area contributed by atoms with Crippen molar-refractivity contribution in [2.75, 3.05) is 14.2 Å². The lowest BCUT2D eigenvalue weighted by Gasteiger charge is -2.29. The first-order valence-electron chi connectivity index (χ1n) is 7.83. The second-order valence-corrected chi connectivity index (χ2v) is 5.53. The zero-order chi connectivity index (χ0) is 22.3. The molecule has 0 saturated heterocycles. The van der Waals surface area contributed by atoms with Crippen LogP contribution < -0.4 is 19.7 Å². The van der Waals surface area contributed by atoms with Crippen LogP contribution in [-0.4, -0.2) is 77.0 Å². The minimum atomic E-state index is -2.64.